The van der Waals surface area contributed by atoms with Gasteiger partial charge in [0.2, 0.25) is 0 Å². The first-order valence-electron chi connectivity index (χ1n) is 8.43. The van der Waals surface area contributed by atoms with E-state index in [-0.39, 0.29) is 0 Å². The third-order valence-corrected chi connectivity index (χ3v) is 4.01. The summed E-state index contributed by atoms with van der Waals surface area (Å²) in [7, 11) is 1.83. The normalized spacial score (nSPS) is 13.2. The van der Waals surface area contributed by atoms with Crippen molar-refractivity contribution in [2.24, 2.45) is 4.99 Å². The number of rotatable bonds is 9. The molecular weight excluding hydrogens is 272 g/mol. The number of hydrogen-bond acceptors (Lipinski definition) is 2. The summed E-state index contributed by atoms with van der Waals surface area (Å²) in [5.41, 5.74) is 1.35. The van der Waals surface area contributed by atoms with Crippen LogP contribution in [-0.2, 0) is 0 Å². The molecule has 0 radical (unpaired) electrons. The predicted molar refractivity (Wildman–Crippen MR) is 96.6 cm³/mol. The maximum absolute atomic E-state index is 4.29. The summed E-state index contributed by atoms with van der Waals surface area (Å²) in [5.74, 6) is 1.36. The van der Waals surface area contributed by atoms with Crippen LogP contribution in [0.3, 0.4) is 0 Å². The molecule has 1 unspecified atom stereocenters. The van der Waals surface area contributed by atoms with Gasteiger partial charge in [-0.1, -0.05) is 51.1 Å². The lowest BCUT2D eigenvalue weighted by molar-refractivity contribution is 0.300. The van der Waals surface area contributed by atoms with Crippen molar-refractivity contribution < 1.29 is 0 Å². The van der Waals surface area contributed by atoms with Gasteiger partial charge in [0, 0.05) is 20.1 Å². The molecule has 1 rings (SSSR count). The van der Waals surface area contributed by atoms with Crippen molar-refractivity contribution in [1.29, 1.82) is 0 Å². The number of nitrogens with one attached hydrogen (secondary N) is 2. The van der Waals surface area contributed by atoms with E-state index in [0.29, 0.717) is 5.92 Å². The molecule has 124 valence electrons. The summed E-state index contributed by atoms with van der Waals surface area (Å²) >= 11 is 0. The van der Waals surface area contributed by atoms with E-state index >= 15 is 0 Å². The van der Waals surface area contributed by atoms with Crippen LogP contribution in [-0.4, -0.2) is 50.6 Å². The lowest BCUT2D eigenvalue weighted by atomic mass is 10.0. The van der Waals surface area contributed by atoms with Crippen LogP contribution >= 0.6 is 0 Å². The first-order chi connectivity index (χ1) is 10.7. The fourth-order valence-electron chi connectivity index (χ4n) is 2.42. The highest BCUT2D eigenvalue weighted by Crippen LogP contribution is 2.12. The molecule has 0 bridgehead atoms. The van der Waals surface area contributed by atoms with E-state index in [1.54, 1.807) is 0 Å². The third-order valence-electron chi connectivity index (χ3n) is 4.01. The van der Waals surface area contributed by atoms with Gasteiger partial charge in [0.05, 0.1) is 0 Å². The molecule has 1 aromatic rings. The number of aliphatic imine (C=N–C) groups is 1. The summed E-state index contributed by atoms with van der Waals surface area (Å²) in [5, 5.41) is 6.80. The smallest absolute Gasteiger partial charge is 0.190 e. The Morgan fingerprint density at radius 2 is 1.82 bits per heavy atom. The van der Waals surface area contributed by atoms with E-state index < -0.39 is 0 Å². The van der Waals surface area contributed by atoms with Crippen LogP contribution in [0.15, 0.2) is 35.3 Å². The molecule has 0 heterocycles. The summed E-state index contributed by atoms with van der Waals surface area (Å²) in [6, 6.07) is 10.6. The summed E-state index contributed by atoms with van der Waals surface area (Å²) in [6.45, 7) is 11.9. The molecule has 0 aromatic heterocycles. The summed E-state index contributed by atoms with van der Waals surface area (Å²) in [4.78, 5) is 6.73. The van der Waals surface area contributed by atoms with E-state index in [0.717, 1.165) is 45.1 Å². The number of benzene rings is 1. The molecule has 0 amide bonds. The minimum Gasteiger partial charge on any atom is -0.356 e. The topological polar surface area (TPSA) is 39.7 Å². The van der Waals surface area contributed by atoms with Crippen LogP contribution in [0.5, 0.6) is 0 Å². The molecule has 4 nitrogen and oxygen atoms in total. The molecule has 4 heteroatoms. The van der Waals surface area contributed by atoms with Gasteiger partial charge in [0.25, 0.3) is 0 Å². The molecular formula is C18H32N4. The average molecular weight is 304 g/mol. The van der Waals surface area contributed by atoms with E-state index in [4.69, 9.17) is 0 Å². The Hall–Kier alpha value is -1.55. The molecule has 22 heavy (non-hydrogen) atoms. The monoisotopic (exact) mass is 304 g/mol. The van der Waals surface area contributed by atoms with Gasteiger partial charge in [0.15, 0.2) is 5.96 Å². The van der Waals surface area contributed by atoms with Crippen molar-refractivity contribution in [1.82, 2.24) is 15.5 Å². The Bertz CT molecular complexity index is 412. The van der Waals surface area contributed by atoms with E-state index in [9.17, 15) is 0 Å². The fourth-order valence-corrected chi connectivity index (χ4v) is 2.42. The van der Waals surface area contributed by atoms with Gasteiger partial charge in [0.1, 0.15) is 0 Å². The number of hydrogen-bond donors (Lipinski definition) is 2. The molecule has 0 saturated carbocycles. The number of nitrogens with zero attached hydrogens (tertiary/aromatic N) is 2. The Morgan fingerprint density at radius 3 is 2.41 bits per heavy atom. The quantitative estimate of drug-likeness (QED) is 0.419. The summed E-state index contributed by atoms with van der Waals surface area (Å²) in [6.07, 6.45) is 1.14. The van der Waals surface area contributed by atoms with E-state index in [1.807, 2.05) is 7.05 Å². The van der Waals surface area contributed by atoms with Crippen LogP contribution in [0.4, 0.5) is 0 Å². The average Bonchev–Trinajstić information content (AvgIpc) is 2.58. The van der Waals surface area contributed by atoms with Gasteiger partial charge in [-0.2, -0.15) is 0 Å². The molecule has 0 aliphatic rings. The first-order valence-corrected chi connectivity index (χ1v) is 8.43. The zero-order chi connectivity index (χ0) is 16.2. The Labute approximate surface area is 136 Å². The molecule has 2 N–H and O–H groups in total. The third kappa shape index (κ3) is 6.94. The van der Waals surface area contributed by atoms with Gasteiger partial charge < -0.3 is 15.5 Å². The number of guanidine groups is 1. The van der Waals surface area contributed by atoms with E-state index in [2.05, 4.69) is 71.6 Å². The minimum atomic E-state index is 0.468. The minimum absolute atomic E-state index is 0.468. The highest BCUT2D eigenvalue weighted by Gasteiger charge is 2.06. The molecule has 1 atom stereocenters. The molecule has 1 aromatic carbocycles. The maximum atomic E-state index is 4.29. The molecule has 0 spiro atoms. The van der Waals surface area contributed by atoms with Crippen molar-refractivity contribution in [3.63, 3.8) is 0 Å². The molecule has 0 aliphatic carbocycles. The van der Waals surface area contributed by atoms with Crippen molar-refractivity contribution >= 4 is 5.96 Å². The van der Waals surface area contributed by atoms with Crippen LogP contribution in [0.25, 0.3) is 0 Å². The lowest BCUT2D eigenvalue weighted by Crippen LogP contribution is -2.40. The second-order valence-electron chi connectivity index (χ2n) is 5.57. The predicted octanol–water partition coefficient (Wildman–Crippen LogP) is 2.69. The lowest BCUT2D eigenvalue weighted by Gasteiger charge is -2.19. The van der Waals surface area contributed by atoms with E-state index in [1.165, 1.54) is 5.56 Å². The Kier molecular flexibility index (Phi) is 9.31. The van der Waals surface area contributed by atoms with Crippen LogP contribution in [0.1, 0.15) is 38.7 Å². The van der Waals surface area contributed by atoms with Crippen LogP contribution in [0.2, 0.25) is 0 Å². The highest BCUT2D eigenvalue weighted by atomic mass is 15.2. The second kappa shape index (κ2) is 11.1. The van der Waals surface area contributed by atoms with Crippen LogP contribution in [0, 0.1) is 0 Å². The molecule has 0 fully saturated rings. The highest BCUT2D eigenvalue weighted by molar-refractivity contribution is 5.79. The van der Waals surface area contributed by atoms with Crippen molar-refractivity contribution in [2.45, 2.75) is 33.1 Å². The molecule has 0 aliphatic heterocycles. The van der Waals surface area contributed by atoms with Crippen molar-refractivity contribution in [2.75, 3.05) is 39.8 Å². The zero-order valence-electron chi connectivity index (χ0n) is 14.6. The largest absolute Gasteiger partial charge is 0.356 e. The molecule has 0 saturated heterocycles. The Balaban J connectivity index is 2.25. The second-order valence-corrected chi connectivity index (χ2v) is 5.57. The van der Waals surface area contributed by atoms with Gasteiger partial charge >= 0.3 is 0 Å². The van der Waals surface area contributed by atoms with Gasteiger partial charge in [-0.15, -0.1) is 0 Å². The fraction of sp³-hybridized carbons (Fsp3) is 0.611. The Morgan fingerprint density at radius 1 is 1.14 bits per heavy atom. The first kappa shape index (κ1) is 18.5. The van der Waals surface area contributed by atoms with Crippen molar-refractivity contribution in [3.8, 4) is 0 Å². The van der Waals surface area contributed by atoms with Crippen molar-refractivity contribution in [3.05, 3.63) is 35.9 Å². The standard InChI is InChI=1S/C18H32N4/c1-5-22(6-2)14-10-13-20-18(19-4)21-15-16(3)17-11-8-7-9-12-17/h7-9,11-12,16H,5-6,10,13-15H2,1-4H3,(H2,19,20,21). The zero-order valence-corrected chi connectivity index (χ0v) is 14.6. The summed E-state index contributed by atoms with van der Waals surface area (Å²) < 4.78 is 0. The van der Waals surface area contributed by atoms with Gasteiger partial charge in [-0.25, -0.2) is 0 Å². The maximum Gasteiger partial charge on any atom is 0.190 e. The van der Waals surface area contributed by atoms with Crippen LogP contribution < -0.4 is 10.6 Å². The van der Waals surface area contributed by atoms with Gasteiger partial charge in [-0.05, 0) is 37.5 Å². The van der Waals surface area contributed by atoms with Gasteiger partial charge in [-0.3, -0.25) is 4.99 Å². The SMILES string of the molecule is CCN(CC)CCCNC(=NC)NCC(C)c1ccccc1.